The highest BCUT2D eigenvalue weighted by molar-refractivity contribution is 5.80. The van der Waals surface area contributed by atoms with Crippen LogP contribution in [0.3, 0.4) is 0 Å². The third kappa shape index (κ3) is 2.86. The number of fused-ring (bicyclic) bond motifs is 3. The molecule has 24 heavy (non-hydrogen) atoms. The van der Waals surface area contributed by atoms with Crippen molar-refractivity contribution in [3.05, 3.63) is 41.2 Å². The lowest BCUT2D eigenvalue weighted by molar-refractivity contribution is -0.149. The highest BCUT2D eigenvalue weighted by Crippen LogP contribution is 2.34. The van der Waals surface area contributed by atoms with Crippen molar-refractivity contribution in [3.8, 4) is 11.1 Å². The highest BCUT2D eigenvalue weighted by Gasteiger charge is 2.29. The largest absolute Gasteiger partial charge is 0.464 e. The van der Waals surface area contributed by atoms with Crippen LogP contribution < -0.4 is 0 Å². The van der Waals surface area contributed by atoms with Gasteiger partial charge in [-0.2, -0.15) is 5.10 Å². The van der Waals surface area contributed by atoms with Crippen molar-refractivity contribution in [1.82, 2.24) is 9.78 Å². The van der Waals surface area contributed by atoms with E-state index < -0.39 is 6.04 Å². The second-order valence-corrected chi connectivity index (χ2v) is 6.44. The van der Waals surface area contributed by atoms with E-state index in [2.05, 4.69) is 5.10 Å². The molecule has 1 unspecified atom stereocenters. The third-order valence-corrected chi connectivity index (χ3v) is 4.44. The lowest BCUT2D eigenvalue weighted by Gasteiger charge is -2.19. The van der Waals surface area contributed by atoms with Gasteiger partial charge in [0.1, 0.15) is 6.29 Å². The number of aromatic nitrogens is 2. The Bertz CT molecular complexity index is 777. The van der Waals surface area contributed by atoms with Crippen molar-refractivity contribution in [1.29, 1.82) is 0 Å². The zero-order valence-electron chi connectivity index (χ0n) is 14.3. The van der Waals surface area contributed by atoms with Gasteiger partial charge >= 0.3 is 5.97 Å². The number of nitrogens with zero attached hydrogens (tertiary/aromatic N) is 2. The Morgan fingerprint density at radius 1 is 1.33 bits per heavy atom. The van der Waals surface area contributed by atoms with Crippen LogP contribution in [0.5, 0.6) is 0 Å². The van der Waals surface area contributed by atoms with Gasteiger partial charge in [-0.15, -0.1) is 0 Å². The first-order valence-corrected chi connectivity index (χ1v) is 8.38. The van der Waals surface area contributed by atoms with E-state index >= 15 is 0 Å². The first-order chi connectivity index (χ1) is 11.5. The van der Waals surface area contributed by atoms with Crippen LogP contribution in [0, 0.1) is 5.92 Å². The molecule has 0 aliphatic heterocycles. The van der Waals surface area contributed by atoms with Crippen LogP contribution in [-0.4, -0.2) is 28.6 Å². The van der Waals surface area contributed by atoms with Crippen LogP contribution >= 0.6 is 0 Å². The Balaban J connectivity index is 2.01. The second kappa shape index (κ2) is 6.59. The average Bonchev–Trinajstić information content (AvgIpc) is 2.98. The zero-order valence-corrected chi connectivity index (χ0v) is 14.3. The quantitative estimate of drug-likeness (QED) is 0.625. The Morgan fingerprint density at radius 3 is 2.79 bits per heavy atom. The number of aldehydes is 1. The fourth-order valence-electron chi connectivity index (χ4n) is 3.30. The van der Waals surface area contributed by atoms with Crippen LogP contribution in [-0.2, 0) is 22.4 Å². The first kappa shape index (κ1) is 16.4. The van der Waals surface area contributed by atoms with E-state index in [0.29, 0.717) is 12.2 Å². The van der Waals surface area contributed by atoms with Crippen molar-refractivity contribution in [2.45, 2.75) is 39.7 Å². The lowest BCUT2D eigenvalue weighted by Crippen LogP contribution is -2.27. The maximum atomic E-state index is 12.3. The molecule has 0 fully saturated rings. The van der Waals surface area contributed by atoms with Gasteiger partial charge in [0.2, 0.25) is 0 Å². The molecule has 3 rings (SSSR count). The first-order valence-electron chi connectivity index (χ1n) is 8.38. The number of hydrogen-bond donors (Lipinski definition) is 0. The molecule has 1 aliphatic rings. The molecule has 0 spiro atoms. The SMILES string of the molecule is CCOC(=O)C(C(C)C)n1cc2c(n1)CCc1cc(C=O)ccc1-2. The lowest BCUT2D eigenvalue weighted by atomic mass is 9.89. The van der Waals surface area contributed by atoms with Crippen LogP contribution in [0.4, 0.5) is 0 Å². The number of rotatable bonds is 5. The minimum Gasteiger partial charge on any atom is -0.464 e. The second-order valence-electron chi connectivity index (χ2n) is 6.44. The Labute approximate surface area is 141 Å². The Morgan fingerprint density at radius 2 is 2.12 bits per heavy atom. The summed E-state index contributed by atoms with van der Waals surface area (Å²) in [4.78, 5) is 23.3. The van der Waals surface area contributed by atoms with Crippen LogP contribution in [0.25, 0.3) is 11.1 Å². The molecular formula is C19H22N2O3. The number of hydrogen-bond acceptors (Lipinski definition) is 4. The molecule has 1 aromatic heterocycles. The summed E-state index contributed by atoms with van der Waals surface area (Å²) in [6.45, 7) is 6.16. The fraction of sp³-hybridized carbons (Fsp3) is 0.421. The van der Waals surface area contributed by atoms with Crippen molar-refractivity contribution >= 4 is 12.3 Å². The van der Waals surface area contributed by atoms with E-state index in [1.54, 1.807) is 4.68 Å². The molecule has 0 saturated carbocycles. The van der Waals surface area contributed by atoms with Crippen LogP contribution in [0.15, 0.2) is 24.4 Å². The predicted octanol–water partition coefficient (Wildman–Crippen LogP) is 3.22. The number of aryl methyl sites for hydroxylation is 2. The monoisotopic (exact) mass is 326 g/mol. The van der Waals surface area contributed by atoms with Gasteiger partial charge in [-0.3, -0.25) is 9.48 Å². The topological polar surface area (TPSA) is 61.2 Å². The van der Waals surface area contributed by atoms with Crippen molar-refractivity contribution in [2.75, 3.05) is 6.61 Å². The predicted molar refractivity (Wildman–Crippen MR) is 91.0 cm³/mol. The van der Waals surface area contributed by atoms with Gasteiger partial charge in [0.25, 0.3) is 0 Å². The van der Waals surface area contributed by atoms with Gasteiger partial charge in [0, 0.05) is 17.3 Å². The summed E-state index contributed by atoms with van der Waals surface area (Å²) in [5.74, 6) is -0.161. The molecule has 2 aromatic rings. The summed E-state index contributed by atoms with van der Waals surface area (Å²) in [5.41, 5.74) is 4.99. The molecule has 5 nitrogen and oxygen atoms in total. The average molecular weight is 326 g/mol. The number of carbonyl (C=O) groups excluding carboxylic acids is 2. The van der Waals surface area contributed by atoms with Crippen LogP contribution in [0.1, 0.15) is 48.4 Å². The van der Waals surface area contributed by atoms with Gasteiger partial charge in [0.15, 0.2) is 6.04 Å². The summed E-state index contributed by atoms with van der Waals surface area (Å²) in [6, 6.07) is 5.31. The maximum absolute atomic E-state index is 12.3. The summed E-state index contributed by atoms with van der Waals surface area (Å²) >= 11 is 0. The summed E-state index contributed by atoms with van der Waals surface area (Å²) < 4.78 is 6.96. The van der Waals surface area contributed by atoms with E-state index in [4.69, 9.17) is 4.74 Å². The summed E-state index contributed by atoms with van der Waals surface area (Å²) in [5, 5.41) is 4.66. The van der Waals surface area contributed by atoms with E-state index in [0.717, 1.165) is 41.5 Å². The molecule has 0 radical (unpaired) electrons. The fourth-order valence-corrected chi connectivity index (χ4v) is 3.30. The van der Waals surface area contributed by atoms with Crippen molar-refractivity contribution < 1.29 is 14.3 Å². The Kier molecular flexibility index (Phi) is 4.51. The van der Waals surface area contributed by atoms with Gasteiger partial charge < -0.3 is 4.74 Å². The molecule has 0 amide bonds. The molecule has 1 aliphatic carbocycles. The molecule has 1 aromatic carbocycles. The molecule has 0 N–H and O–H groups in total. The molecule has 126 valence electrons. The van der Waals surface area contributed by atoms with Crippen molar-refractivity contribution in [3.63, 3.8) is 0 Å². The molecule has 0 saturated heterocycles. The van der Waals surface area contributed by atoms with E-state index in [9.17, 15) is 9.59 Å². The van der Waals surface area contributed by atoms with Gasteiger partial charge in [0.05, 0.1) is 12.3 Å². The minimum atomic E-state index is -0.423. The van der Waals surface area contributed by atoms with E-state index in [1.165, 1.54) is 0 Å². The maximum Gasteiger partial charge on any atom is 0.331 e. The smallest absolute Gasteiger partial charge is 0.331 e. The van der Waals surface area contributed by atoms with Gasteiger partial charge in [-0.1, -0.05) is 26.0 Å². The van der Waals surface area contributed by atoms with Crippen LogP contribution in [0.2, 0.25) is 0 Å². The standard InChI is InChI=1S/C19H22N2O3/c1-4-24-19(23)18(12(2)3)21-10-16-15-7-5-13(11-22)9-14(15)6-8-17(16)20-21/h5,7,9-12,18H,4,6,8H2,1-3H3. The van der Waals surface area contributed by atoms with Gasteiger partial charge in [-0.25, -0.2) is 4.79 Å². The number of esters is 1. The number of ether oxygens (including phenoxy) is 1. The molecule has 5 heteroatoms. The molecule has 1 atom stereocenters. The van der Waals surface area contributed by atoms with E-state index in [-0.39, 0.29) is 11.9 Å². The van der Waals surface area contributed by atoms with Gasteiger partial charge in [-0.05, 0) is 42.9 Å². The Hall–Kier alpha value is -2.43. The minimum absolute atomic E-state index is 0.0855. The highest BCUT2D eigenvalue weighted by atomic mass is 16.5. The summed E-state index contributed by atoms with van der Waals surface area (Å²) in [7, 11) is 0. The van der Waals surface area contributed by atoms with Crippen molar-refractivity contribution in [2.24, 2.45) is 5.92 Å². The molecule has 1 heterocycles. The summed E-state index contributed by atoms with van der Waals surface area (Å²) in [6.07, 6.45) is 4.47. The van der Waals surface area contributed by atoms with E-state index in [1.807, 2.05) is 45.2 Å². The normalized spacial score (nSPS) is 14.0. The zero-order chi connectivity index (χ0) is 17.3. The molecule has 0 bridgehead atoms. The molecular weight excluding hydrogens is 304 g/mol. The number of carbonyl (C=O) groups is 2. The third-order valence-electron chi connectivity index (χ3n) is 4.44. The number of benzene rings is 1.